The zero-order valence-electron chi connectivity index (χ0n) is 12.6. The highest BCUT2D eigenvalue weighted by Gasteiger charge is 2.31. The summed E-state index contributed by atoms with van der Waals surface area (Å²) >= 11 is 1.71. The maximum absolute atomic E-state index is 10.1. The third kappa shape index (κ3) is 3.90. The summed E-state index contributed by atoms with van der Waals surface area (Å²) in [5, 5.41) is 13.6. The van der Waals surface area contributed by atoms with Gasteiger partial charge in [-0.2, -0.15) is 0 Å². The number of aryl methyl sites for hydroxylation is 1. The van der Waals surface area contributed by atoms with Gasteiger partial charge in [-0.05, 0) is 31.5 Å². The zero-order chi connectivity index (χ0) is 15.1. The van der Waals surface area contributed by atoms with Crippen molar-refractivity contribution in [3.05, 3.63) is 54.0 Å². The van der Waals surface area contributed by atoms with Gasteiger partial charge >= 0.3 is 0 Å². The number of furan rings is 1. The molecule has 3 nitrogen and oxygen atoms in total. The number of thioether (sulfide) groups is 1. The maximum atomic E-state index is 10.1. The van der Waals surface area contributed by atoms with Crippen LogP contribution in [0.25, 0.3) is 0 Å². The molecule has 1 atom stereocenters. The molecule has 21 heavy (non-hydrogen) atoms. The number of hydrogen-bond donors (Lipinski definition) is 2. The van der Waals surface area contributed by atoms with Crippen LogP contribution in [0.15, 0.2) is 52.0 Å². The van der Waals surface area contributed by atoms with Crippen LogP contribution in [-0.2, 0) is 5.54 Å². The van der Waals surface area contributed by atoms with E-state index in [4.69, 9.17) is 4.42 Å². The number of rotatable bonds is 8. The van der Waals surface area contributed by atoms with Crippen molar-refractivity contribution in [3.8, 4) is 0 Å². The second-order valence-electron chi connectivity index (χ2n) is 5.16. The van der Waals surface area contributed by atoms with Crippen LogP contribution in [0.3, 0.4) is 0 Å². The Morgan fingerprint density at radius 2 is 2.00 bits per heavy atom. The molecule has 0 aliphatic heterocycles. The average Bonchev–Trinajstić information content (AvgIpc) is 2.94. The Bertz CT molecular complexity index is 541. The van der Waals surface area contributed by atoms with Crippen LogP contribution in [0.2, 0.25) is 0 Å². The fourth-order valence-electron chi connectivity index (χ4n) is 2.27. The van der Waals surface area contributed by atoms with Crippen LogP contribution in [0.4, 0.5) is 0 Å². The Morgan fingerprint density at radius 3 is 2.57 bits per heavy atom. The first-order valence-electron chi connectivity index (χ1n) is 7.30. The molecule has 0 bridgehead atoms. The molecule has 2 aromatic rings. The summed E-state index contributed by atoms with van der Waals surface area (Å²) in [6.45, 7) is 5.04. The predicted octanol–water partition coefficient (Wildman–Crippen LogP) is 3.57. The van der Waals surface area contributed by atoms with Crippen molar-refractivity contribution in [2.24, 2.45) is 0 Å². The molecular formula is C17H23NO2S. The van der Waals surface area contributed by atoms with E-state index < -0.39 is 5.54 Å². The third-order valence-corrected chi connectivity index (χ3v) is 4.97. The predicted molar refractivity (Wildman–Crippen MR) is 87.7 cm³/mol. The van der Waals surface area contributed by atoms with Crippen LogP contribution >= 0.6 is 11.8 Å². The second-order valence-corrected chi connectivity index (χ2v) is 6.18. The molecule has 2 rings (SSSR count). The van der Waals surface area contributed by atoms with E-state index in [1.807, 2.05) is 31.2 Å². The zero-order valence-corrected chi connectivity index (χ0v) is 13.5. The first-order chi connectivity index (χ1) is 10.2. The van der Waals surface area contributed by atoms with Crippen molar-refractivity contribution < 1.29 is 9.52 Å². The number of benzene rings is 1. The Kier molecular flexibility index (Phi) is 5.91. The minimum atomic E-state index is -0.425. The van der Waals surface area contributed by atoms with Gasteiger partial charge in [0.2, 0.25) is 0 Å². The summed E-state index contributed by atoms with van der Waals surface area (Å²) in [5.74, 6) is 1.68. The van der Waals surface area contributed by atoms with E-state index in [1.165, 1.54) is 0 Å². The molecule has 1 aromatic carbocycles. The van der Waals surface area contributed by atoms with E-state index in [9.17, 15) is 5.11 Å². The van der Waals surface area contributed by atoms with Gasteiger partial charge in [-0.15, -0.1) is 11.8 Å². The van der Waals surface area contributed by atoms with E-state index in [0.29, 0.717) is 0 Å². The van der Waals surface area contributed by atoms with Crippen LogP contribution in [0.5, 0.6) is 0 Å². The van der Waals surface area contributed by atoms with E-state index >= 15 is 0 Å². The summed E-state index contributed by atoms with van der Waals surface area (Å²) in [4.78, 5) is 1.13. The first kappa shape index (κ1) is 16.1. The van der Waals surface area contributed by atoms with Crippen LogP contribution < -0.4 is 5.32 Å². The molecule has 1 heterocycles. The van der Waals surface area contributed by atoms with Crippen molar-refractivity contribution in [1.82, 2.24) is 5.32 Å². The van der Waals surface area contributed by atoms with Crippen molar-refractivity contribution in [1.29, 1.82) is 0 Å². The Morgan fingerprint density at radius 1 is 1.24 bits per heavy atom. The second kappa shape index (κ2) is 7.69. The fraction of sp³-hybridized carbons (Fsp3) is 0.412. The lowest BCUT2D eigenvalue weighted by Crippen LogP contribution is -2.48. The van der Waals surface area contributed by atoms with Crippen molar-refractivity contribution in [2.45, 2.75) is 30.7 Å². The van der Waals surface area contributed by atoms with E-state index in [-0.39, 0.29) is 6.61 Å². The molecule has 0 aliphatic rings. The summed E-state index contributed by atoms with van der Waals surface area (Å²) in [6.07, 6.45) is 2.74. The Labute approximate surface area is 130 Å². The van der Waals surface area contributed by atoms with Crippen LogP contribution in [0, 0.1) is 6.92 Å². The summed E-state index contributed by atoms with van der Waals surface area (Å²) in [7, 11) is 0. The van der Waals surface area contributed by atoms with Gasteiger partial charge in [-0.1, -0.05) is 37.3 Å². The van der Waals surface area contributed by atoms with Crippen LogP contribution in [0.1, 0.15) is 24.7 Å². The number of aliphatic hydroxyl groups excluding tert-OH is 1. The average molecular weight is 305 g/mol. The standard InChI is InChI=1S/C17H23NO2S/c1-3-10-18-17(12-19,15-7-5-4-6-8-15)13-21-16-9-11-20-14(16)2/h4-9,11,18-19H,3,10,12-13H2,1-2H3. The minimum Gasteiger partial charge on any atom is -0.468 e. The Balaban J connectivity index is 2.20. The topological polar surface area (TPSA) is 45.4 Å². The van der Waals surface area contributed by atoms with Gasteiger partial charge in [0.1, 0.15) is 5.76 Å². The largest absolute Gasteiger partial charge is 0.468 e. The lowest BCUT2D eigenvalue weighted by Gasteiger charge is -2.33. The highest BCUT2D eigenvalue weighted by molar-refractivity contribution is 7.99. The molecule has 0 fully saturated rings. The molecule has 114 valence electrons. The monoisotopic (exact) mass is 305 g/mol. The fourth-order valence-corrected chi connectivity index (χ4v) is 3.44. The van der Waals surface area contributed by atoms with E-state index in [1.54, 1.807) is 18.0 Å². The smallest absolute Gasteiger partial charge is 0.114 e. The summed E-state index contributed by atoms with van der Waals surface area (Å²) in [5.41, 5.74) is 0.695. The summed E-state index contributed by atoms with van der Waals surface area (Å²) < 4.78 is 5.35. The maximum Gasteiger partial charge on any atom is 0.114 e. The molecule has 1 unspecified atom stereocenters. The van der Waals surface area contributed by atoms with Gasteiger partial charge in [0.15, 0.2) is 0 Å². The molecule has 2 N–H and O–H groups in total. The molecule has 4 heteroatoms. The highest BCUT2D eigenvalue weighted by atomic mass is 32.2. The molecular weight excluding hydrogens is 282 g/mol. The lowest BCUT2D eigenvalue weighted by atomic mass is 9.92. The van der Waals surface area contributed by atoms with E-state index in [2.05, 4.69) is 24.4 Å². The Hall–Kier alpha value is -1.23. The molecule has 1 aromatic heterocycles. The SMILES string of the molecule is CCCNC(CO)(CSc1ccoc1C)c1ccccc1. The lowest BCUT2D eigenvalue weighted by molar-refractivity contribution is 0.179. The molecule has 0 amide bonds. The molecule has 0 saturated heterocycles. The minimum absolute atomic E-state index is 0.0703. The van der Waals surface area contributed by atoms with Gasteiger partial charge in [-0.3, -0.25) is 0 Å². The van der Waals surface area contributed by atoms with E-state index in [0.717, 1.165) is 34.9 Å². The van der Waals surface area contributed by atoms with Crippen molar-refractivity contribution in [2.75, 3.05) is 18.9 Å². The molecule has 0 radical (unpaired) electrons. The normalized spacial score (nSPS) is 14.0. The third-order valence-electron chi connectivity index (χ3n) is 3.59. The summed E-state index contributed by atoms with van der Waals surface area (Å²) in [6, 6.07) is 12.2. The quantitative estimate of drug-likeness (QED) is 0.732. The molecule has 0 saturated carbocycles. The van der Waals surface area contributed by atoms with Crippen molar-refractivity contribution >= 4 is 11.8 Å². The van der Waals surface area contributed by atoms with Gasteiger partial charge < -0.3 is 14.8 Å². The van der Waals surface area contributed by atoms with Gasteiger partial charge in [0, 0.05) is 10.6 Å². The highest BCUT2D eigenvalue weighted by Crippen LogP contribution is 2.31. The number of hydrogen-bond acceptors (Lipinski definition) is 4. The van der Waals surface area contributed by atoms with Gasteiger partial charge in [0.05, 0.1) is 18.4 Å². The number of aliphatic hydroxyl groups is 1. The first-order valence-corrected chi connectivity index (χ1v) is 8.28. The van der Waals surface area contributed by atoms with Crippen LogP contribution in [-0.4, -0.2) is 24.0 Å². The molecule has 0 spiro atoms. The van der Waals surface area contributed by atoms with Crippen molar-refractivity contribution in [3.63, 3.8) is 0 Å². The van der Waals surface area contributed by atoms with Gasteiger partial charge in [0.25, 0.3) is 0 Å². The molecule has 0 aliphatic carbocycles. The van der Waals surface area contributed by atoms with Gasteiger partial charge in [-0.25, -0.2) is 0 Å². The number of nitrogens with one attached hydrogen (secondary N) is 1.